The number of aryl methyl sites for hydroxylation is 1. The summed E-state index contributed by atoms with van der Waals surface area (Å²) in [5.41, 5.74) is 8.94. The highest BCUT2D eigenvalue weighted by molar-refractivity contribution is 5.86. The fourth-order valence-corrected chi connectivity index (χ4v) is 3.48. The van der Waals surface area contributed by atoms with Crippen molar-refractivity contribution in [2.45, 2.75) is 51.3 Å². The number of nitrogens with two attached hydrogens (primary N) is 1. The summed E-state index contributed by atoms with van der Waals surface area (Å²) in [6, 6.07) is 7.81. The van der Waals surface area contributed by atoms with Crippen molar-refractivity contribution >= 4 is 34.3 Å². The molecule has 1 fully saturated rings. The van der Waals surface area contributed by atoms with Gasteiger partial charge in [-0.2, -0.15) is 9.97 Å². The van der Waals surface area contributed by atoms with Crippen LogP contribution in [0, 0.1) is 0 Å². The van der Waals surface area contributed by atoms with E-state index >= 15 is 0 Å². The fourth-order valence-electron chi connectivity index (χ4n) is 3.48. The standard InChI is InChI=1S/C19H25N7O/c1-2-26-11-21-16-17(22-14-5-3-4-12(20)10-14)24-19(25-18(16)26)23-13-6-8-15(27)9-7-13/h3-5,10-11,13,15,27H,2,6-9,20H2,1H3,(H2,22,23,24,25)/t13-,15-. The second-order valence-electron chi connectivity index (χ2n) is 7.00. The Morgan fingerprint density at radius 3 is 2.78 bits per heavy atom. The fraction of sp³-hybridized carbons (Fsp3) is 0.421. The number of aromatic nitrogens is 4. The minimum absolute atomic E-state index is 0.186. The zero-order chi connectivity index (χ0) is 18.8. The van der Waals surface area contributed by atoms with Gasteiger partial charge >= 0.3 is 0 Å². The smallest absolute Gasteiger partial charge is 0.227 e. The van der Waals surface area contributed by atoms with Crippen LogP contribution in [0.1, 0.15) is 32.6 Å². The van der Waals surface area contributed by atoms with Gasteiger partial charge < -0.3 is 26.0 Å². The molecule has 8 nitrogen and oxygen atoms in total. The van der Waals surface area contributed by atoms with Crippen LogP contribution in [-0.4, -0.2) is 36.8 Å². The third-order valence-electron chi connectivity index (χ3n) is 4.98. The summed E-state index contributed by atoms with van der Waals surface area (Å²) in [6.45, 7) is 2.84. The lowest BCUT2D eigenvalue weighted by molar-refractivity contribution is 0.126. The minimum Gasteiger partial charge on any atom is -0.399 e. The Hall–Kier alpha value is -2.87. The molecule has 1 aliphatic rings. The first-order valence-corrected chi connectivity index (χ1v) is 9.42. The molecule has 5 N–H and O–H groups in total. The lowest BCUT2D eigenvalue weighted by atomic mass is 9.93. The number of aliphatic hydroxyl groups excluding tert-OH is 1. The van der Waals surface area contributed by atoms with Crippen molar-refractivity contribution in [1.29, 1.82) is 0 Å². The first-order valence-electron chi connectivity index (χ1n) is 9.42. The average molecular weight is 367 g/mol. The Balaban J connectivity index is 1.67. The molecular weight excluding hydrogens is 342 g/mol. The maximum absolute atomic E-state index is 9.71. The van der Waals surface area contributed by atoms with Crippen LogP contribution in [0.3, 0.4) is 0 Å². The molecule has 27 heavy (non-hydrogen) atoms. The van der Waals surface area contributed by atoms with Crippen LogP contribution in [0.4, 0.5) is 23.1 Å². The van der Waals surface area contributed by atoms with Crippen molar-refractivity contribution in [3.8, 4) is 0 Å². The molecule has 0 aliphatic heterocycles. The van der Waals surface area contributed by atoms with Crippen molar-refractivity contribution in [3.05, 3.63) is 30.6 Å². The molecular formula is C19H25N7O. The van der Waals surface area contributed by atoms with Gasteiger partial charge in [0, 0.05) is 24.0 Å². The minimum atomic E-state index is -0.186. The van der Waals surface area contributed by atoms with Gasteiger partial charge in [-0.05, 0) is 50.8 Å². The predicted molar refractivity (Wildman–Crippen MR) is 107 cm³/mol. The zero-order valence-corrected chi connectivity index (χ0v) is 15.4. The second-order valence-corrected chi connectivity index (χ2v) is 7.00. The van der Waals surface area contributed by atoms with Gasteiger partial charge in [0.05, 0.1) is 12.4 Å². The van der Waals surface area contributed by atoms with Gasteiger partial charge in [0.1, 0.15) is 0 Å². The average Bonchev–Trinajstić information content (AvgIpc) is 3.07. The molecule has 0 unspecified atom stereocenters. The van der Waals surface area contributed by atoms with Gasteiger partial charge in [-0.1, -0.05) is 6.07 Å². The number of benzene rings is 1. The van der Waals surface area contributed by atoms with Gasteiger partial charge in [-0.3, -0.25) is 0 Å². The number of nitrogen functional groups attached to an aromatic ring is 1. The Bertz CT molecular complexity index is 931. The summed E-state index contributed by atoms with van der Waals surface area (Å²) in [5.74, 6) is 1.22. The molecule has 2 aromatic heterocycles. The summed E-state index contributed by atoms with van der Waals surface area (Å²) in [5, 5.41) is 16.5. The van der Waals surface area contributed by atoms with E-state index in [0.717, 1.165) is 49.1 Å². The van der Waals surface area contributed by atoms with Crippen molar-refractivity contribution in [1.82, 2.24) is 19.5 Å². The highest BCUT2D eigenvalue weighted by atomic mass is 16.3. The Kier molecular flexibility index (Phi) is 4.81. The normalized spacial score (nSPS) is 19.9. The Morgan fingerprint density at radius 2 is 2.04 bits per heavy atom. The number of nitrogens with zero attached hydrogens (tertiary/aromatic N) is 4. The number of aliphatic hydroxyl groups is 1. The molecule has 0 radical (unpaired) electrons. The maximum atomic E-state index is 9.71. The maximum Gasteiger partial charge on any atom is 0.227 e. The number of anilines is 4. The van der Waals surface area contributed by atoms with Gasteiger partial charge in [-0.25, -0.2) is 4.98 Å². The molecule has 2 heterocycles. The number of hydrogen-bond donors (Lipinski definition) is 4. The number of fused-ring (bicyclic) bond motifs is 1. The molecule has 0 saturated heterocycles. The predicted octanol–water partition coefficient (Wildman–Crippen LogP) is 2.89. The number of imidazole rings is 1. The summed E-state index contributed by atoms with van der Waals surface area (Å²) < 4.78 is 2.00. The van der Waals surface area contributed by atoms with Crippen LogP contribution in [-0.2, 0) is 6.54 Å². The molecule has 3 aromatic rings. The summed E-state index contributed by atoms with van der Waals surface area (Å²) in [6.07, 6.45) is 5.03. The SMILES string of the molecule is CCn1cnc2c(Nc3cccc(N)c3)nc(N[C@H]3CC[C@H](O)CC3)nc21. The Labute approximate surface area is 157 Å². The van der Waals surface area contributed by atoms with E-state index in [2.05, 4.69) is 27.5 Å². The second kappa shape index (κ2) is 7.40. The van der Waals surface area contributed by atoms with E-state index in [1.165, 1.54) is 0 Å². The lowest BCUT2D eigenvalue weighted by Crippen LogP contribution is -2.29. The van der Waals surface area contributed by atoms with Gasteiger partial charge in [-0.15, -0.1) is 0 Å². The van der Waals surface area contributed by atoms with Gasteiger partial charge in [0.25, 0.3) is 0 Å². The van der Waals surface area contributed by atoms with E-state index in [1.54, 1.807) is 6.33 Å². The van der Waals surface area contributed by atoms with Crippen LogP contribution in [0.25, 0.3) is 11.2 Å². The van der Waals surface area contributed by atoms with Crippen molar-refractivity contribution < 1.29 is 5.11 Å². The molecule has 1 aromatic carbocycles. The topological polar surface area (TPSA) is 114 Å². The molecule has 0 bridgehead atoms. The van der Waals surface area contributed by atoms with Crippen molar-refractivity contribution in [2.75, 3.05) is 16.4 Å². The van der Waals surface area contributed by atoms with Crippen molar-refractivity contribution in [3.63, 3.8) is 0 Å². The molecule has 1 aliphatic carbocycles. The van der Waals surface area contributed by atoms with Gasteiger partial charge in [0.2, 0.25) is 5.95 Å². The van der Waals surface area contributed by atoms with E-state index < -0.39 is 0 Å². The zero-order valence-electron chi connectivity index (χ0n) is 15.4. The molecule has 0 atom stereocenters. The lowest BCUT2D eigenvalue weighted by Gasteiger charge is -2.26. The van der Waals surface area contributed by atoms with Crippen LogP contribution >= 0.6 is 0 Å². The van der Waals surface area contributed by atoms with Gasteiger partial charge in [0.15, 0.2) is 17.0 Å². The largest absolute Gasteiger partial charge is 0.399 e. The van der Waals surface area contributed by atoms with Crippen molar-refractivity contribution in [2.24, 2.45) is 0 Å². The van der Waals surface area contributed by atoms with E-state index in [-0.39, 0.29) is 12.1 Å². The van der Waals surface area contributed by atoms with Crippen LogP contribution < -0.4 is 16.4 Å². The molecule has 0 spiro atoms. The number of rotatable bonds is 5. The monoisotopic (exact) mass is 367 g/mol. The van der Waals surface area contributed by atoms with E-state index in [4.69, 9.17) is 10.7 Å². The molecule has 8 heteroatoms. The van der Waals surface area contributed by atoms with E-state index in [9.17, 15) is 5.11 Å². The summed E-state index contributed by atoms with van der Waals surface area (Å²) in [7, 11) is 0. The third-order valence-corrected chi connectivity index (χ3v) is 4.98. The van der Waals surface area contributed by atoms with Crippen LogP contribution in [0.2, 0.25) is 0 Å². The first kappa shape index (κ1) is 17.5. The quantitative estimate of drug-likeness (QED) is 0.513. The van der Waals surface area contributed by atoms with Crippen LogP contribution in [0.15, 0.2) is 30.6 Å². The van der Waals surface area contributed by atoms with E-state index in [0.29, 0.717) is 17.5 Å². The van der Waals surface area contributed by atoms with Crippen LogP contribution in [0.5, 0.6) is 0 Å². The molecule has 4 rings (SSSR count). The number of nitrogens with one attached hydrogen (secondary N) is 2. The molecule has 1 saturated carbocycles. The number of hydrogen-bond acceptors (Lipinski definition) is 7. The summed E-state index contributed by atoms with van der Waals surface area (Å²) in [4.78, 5) is 13.9. The highest BCUT2D eigenvalue weighted by Gasteiger charge is 2.21. The molecule has 142 valence electrons. The highest BCUT2D eigenvalue weighted by Crippen LogP contribution is 2.27. The molecule has 0 amide bonds. The summed E-state index contributed by atoms with van der Waals surface area (Å²) >= 11 is 0. The third kappa shape index (κ3) is 3.80. The first-order chi connectivity index (χ1) is 13.1. The Morgan fingerprint density at radius 1 is 1.22 bits per heavy atom. The van der Waals surface area contributed by atoms with E-state index in [1.807, 2.05) is 28.8 Å².